The molecule has 0 aliphatic carbocycles. The third kappa shape index (κ3) is 11.9. The lowest BCUT2D eigenvalue weighted by Crippen LogP contribution is -2.54. The number of carbonyl (C=O) groups is 5. The van der Waals surface area contributed by atoms with Gasteiger partial charge in [-0.1, -0.05) is 20.3 Å². The Kier molecular flexibility index (Phi) is 13.8. The molecule has 0 saturated carbocycles. The molecule has 178 valence electrons. The molecule has 12 nitrogen and oxygen atoms in total. The molecule has 0 aromatic heterocycles. The number of carboxylic acid groups (broad SMARTS) is 2. The summed E-state index contributed by atoms with van der Waals surface area (Å²) in [6, 6.07) is -3.18. The molecule has 31 heavy (non-hydrogen) atoms. The van der Waals surface area contributed by atoms with Crippen molar-refractivity contribution in [1.82, 2.24) is 16.0 Å². The van der Waals surface area contributed by atoms with Crippen LogP contribution in [0.15, 0.2) is 0 Å². The van der Waals surface area contributed by atoms with Crippen molar-refractivity contribution in [3.63, 3.8) is 0 Å². The fourth-order valence-electron chi connectivity index (χ4n) is 2.65. The highest BCUT2D eigenvalue weighted by Gasteiger charge is 2.27. The van der Waals surface area contributed by atoms with Gasteiger partial charge in [-0.15, -0.1) is 0 Å². The number of nitrogens with two attached hydrogens (primary N) is 2. The molecule has 3 amide bonds. The van der Waals surface area contributed by atoms with E-state index in [1.165, 1.54) is 0 Å². The Morgan fingerprint density at radius 2 is 1.61 bits per heavy atom. The summed E-state index contributed by atoms with van der Waals surface area (Å²) in [6.07, 6.45) is 1.54. The van der Waals surface area contributed by atoms with Crippen LogP contribution in [0.5, 0.6) is 0 Å². The third-order valence-electron chi connectivity index (χ3n) is 4.80. The molecule has 4 atom stereocenters. The molecule has 0 fully saturated rings. The molecule has 0 aromatic rings. The zero-order valence-electron chi connectivity index (χ0n) is 18.1. The molecule has 0 heterocycles. The van der Waals surface area contributed by atoms with Crippen LogP contribution in [0.3, 0.4) is 0 Å². The number of nitrogens with one attached hydrogen (secondary N) is 3. The Morgan fingerprint density at radius 3 is 2.13 bits per heavy atom. The van der Waals surface area contributed by atoms with E-state index < -0.39 is 54.3 Å². The number of amides is 3. The van der Waals surface area contributed by atoms with E-state index in [4.69, 9.17) is 16.6 Å². The van der Waals surface area contributed by atoms with Gasteiger partial charge in [0.05, 0.1) is 12.6 Å². The van der Waals surface area contributed by atoms with Gasteiger partial charge in [-0.3, -0.25) is 19.2 Å². The topological polar surface area (TPSA) is 214 Å². The standard InChI is InChI=1S/C19H35N5O7/c1-3-11(2)16(19(30)31)24-14(25)10-22-18(29)13(6-4-5-9-20)23-17(28)12(21)7-8-15(26)27/h11-13,16H,3-10,20-21H2,1-2H3,(H,22,29)(H,23,28)(H,24,25)(H,26,27)(H,30,31). The predicted molar refractivity (Wildman–Crippen MR) is 112 cm³/mol. The lowest BCUT2D eigenvalue weighted by atomic mass is 9.99. The second-order valence-electron chi connectivity index (χ2n) is 7.37. The first-order chi connectivity index (χ1) is 14.5. The van der Waals surface area contributed by atoms with Crippen LogP contribution in [-0.2, 0) is 24.0 Å². The second-order valence-corrected chi connectivity index (χ2v) is 7.37. The van der Waals surface area contributed by atoms with Crippen LogP contribution in [0.1, 0.15) is 52.4 Å². The normalized spacial score (nSPS) is 14.6. The molecule has 4 unspecified atom stereocenters. The Labute approximate surface area is 181 Å². The lowest BCUT2D eigenvalue weighted by Gasteiger charge is -2.22. The Morgan fingerprint density at radius 1 is 0.968 bits per heavy atom. The highest BCUT2D eigenvalue weighted by atomic mass is 16.4. The number of rotatable bonds is 16. The zero-order chi connectivity index (χ0) is 24.0. The zero-order valence-corrected chi connectivity index (χ0v) is 18.1. The van der Waals surface area contributed by atoms with Crippen molar-refractivity contribution in [2.24, 2.45) is 17.4 Å². The van der Waals surface area contributed by atoms with Gasteiger partial charge in [-0.25, -0.2) is 4.79 Å². The van der Waals surface area contributed by atoms with Crippen LogP contribution in [-0.4, -0.2) is 71.1 Å². The molecule has 0 radical (unpaired) electrons. The van der Waals surface area contributed by atoms with Crippen LogP contribution < -0.4 is 27.4 Å². The van der Waals surface area contributed by atoms with E-state index in [1.807, 2.05) is 0 Å². The lowest BCUT2D eigenvalue weighted by molar-refractivity contribution is -0.143. The first kappa shape index (κ1) is 28.3. The molecule has 0 saturated heterocycles. The minimum absolute atomic E-state index is 0.0904. The number of aliphatic carboxylic acids is 2. The Hall–Kier alpha value is -2.73. The van der Waals surface area contributed by atoms with E-state index in [9.17, 15) is 29.1 Å². The molecule has 12 heteroatoms. The van der Waals surface area contributed by atoms with Crippen LogP contribution >= 0.6 is 0 Å². The minimum Gasteiger partial charge on any atom is -0.481 e. The summed E-state index contributed by atoms with van der Waals surface area (Å²) in [5.41, 5.74) is 11.1. The molecule has 0 aliphatic heterocycles. The van der Waals surface area contributed by atoms with Crippen LogP contribution in [0, 0.1) is 5.92 Å². The fraction of sp³-hybridized carbons (Fsp3) is 0.737. The summed E-state index contributed by atoms with van der Waals surface area (Å²) >= 11 is 0. The maximum absolute atomic E-state index is 12.5. The minimum atomic E-state index is -1.17. The van der Waals surface area contributed by atoms with Gasteiger partial charge in [0.25, 0.3) is 0 Å². The first-order valence-corrected chi connectivity index (χ1v) is 10.3. The van der Waals surface area contributed by atoms with Crippen LogP contribution in [0.4, 0.5) is 0 Å². The smallest absolute Gasteiger partial charge is 0.326 e. The van der Waals surface area contributed by atoms with Crippen molar-refractivity contribution in [3.05, 3.63) is 0 Å². The number of carbonyl (C=O) groups excluding carboxylic acids is 3. The Balaban J connectivity index is 4.89. The van der Waals surface area contributed by atoms with Crippen molar-refractivity contribution in [2.45, 2.75) is 70.5 Å². The molecule has 0 rings (SSSR count). The molecule has 0 bridgehead atoms. The SMILES string of the molecule is CCC(C)C(NC(=O)CNC(=O)C(CCCCN)NC(=O)C(N)CCC(=O)O)C(=O)O. The summed E-state index contributed by atoms with van der Waals surface area (Å²) in [5, 5.41) is 25.1. The van der Waals surface area contributed by atoms with Crippen molar-refractivity contribution in [1.29, 1.82) is 0 Å². The number of hydrogen-bond donors (Lipinski definition) is 7. The van der Waals surface area contributed by atoms with E-state index in [1.54, 1.807) is 13.8 Å². The largest absolute Gasteiger partial charge is 0.481 e. The quantitative estimate of drug-likeness (QED) is 0.138. The van der Waals surface area contributed by atoms with E-state index in [0.29, 0.717) is 25.8 Å². The molecular weight excluding hydrogens is 410 g/mol. The highest BCUT2D eigenvalue weighted by molar-refractivity contribution is 5.92. The maximum atomic E-state index is 12.5. The van der Waals surface area contributed by atoms with Crippen molar-refractivity contribution in [3.8, 4) is 0 Å². The third-order valence-corrected chi connectivity index (χ3v) is 4.80. The van der Waals surface area contributed by atoms with Crippen LogP contribution in [0.2, 0.25) is 0 Å². The predicted octanol–water partition coefficient (Wildman–Crippen LogP) is -1.48. The Bertz CT molecular complexity index is 629. The second kappa shape index (κ2) is 15.1. The van der Waals surface area contributed by atoms with E-state index >= 15 is 0 Å². The number of carboxylic acids is 2. The first-order valence-electron chi connectivity index (χ1n) is 10.3. The highest BCUT2D eigenvalue weighted by Crippen LogP contribution is 2.08. The van der Waals surface area contributed by atoms with Crippen molar-refractivity contribution in [2.75, 3.05) is 13.1 Å². The van der Waals surface area contributed by atoms with Gasteiger partial charge in [-0.05, 0) is 38.1 Å². The number of hydrogen-bond acceptors (Lipinski definition) is 7. The van der Waals surface area contributed by atoms with Gasteiger partial charge in [0.15, 0.2) is 0 Å². The maximum Gasteiger partial charge on any atom is 0.326 e. The van der Waals surface area contributed by atoms with E-state index in [0.717, 1.165) is 0 Å². The average molecular weight is 446 g/mol. The summed E-state index contributed by atoms with van der Waals surface area (Å²) in [4.78, 5) is 58.7. The molecule has 0 spiro atoms. The monoisotopic (exact) mass is 445 g/mol. The van der Waals surface area contributed by atoms with Gasteiger partial charge in [0, 0.05) is 6.42 Å². The molecule has 0 aromatic carbocycles. The van der Waals surface area contributed by atoms with Gasteiger partial charge in [0.1, 0.15) is 12.1 Å². The summed E-state index contributed by atoms with van der Waals surface area (Å²) in [7, 11) is 0. The van der Waals surface area contributed by atoms with Gasteiger partial charge < -0.3 is 37.6 Å². The number of unbranched alkanes of at least 4 members (excludes halogenated alkanes) is 1. The van der Waals surface area contributed by atoms with Gasteiger partial charge in [0.2, 0.25) is 17.7 Å². The van der Waals surface area contributed by atoms with Crippen molar-refractivity contribution < 1.29 is 34.2 Å². The van der Waals surface area contributed by atoms with Crippen LogP contribution in [0.25, 0.3) is 0 Å². The summed E-state index contributed by atoms with van der Waals surface area (Å²) in [6.45, 7) is 3.42. The van der Waals surface area contributed by atoms with Gasteiger partial charge >= 0.3 is 11.9 Å². The summed E-state index contributed by atoms with van der Waals surface area (Å²) < 4.78 is 0. The molecular formula is C19H35N5O7. The van der Waals surface area contributed by atoms with E-state index in [-0.39, 0.29) is 25.2 Å². The summed E-state index contributed by atoms with van der Waals surface area (Å²) in [5.74, 6) is -4.55. The average Bonchev–Trinajstić information content (AvgIpc) is 2.72. The van der Waals surface area contributed by atoms with Gasteiger partial charge in [-0.2, -0.15) is 0 Å². The fourth-order valence-corrected chi connectivity index (χ4v) is 2.65. The van der Waals surface area contributed by atoms with E-state index in [2.05, 4.69) is 16.0 Å². The molecule has 0 aliphatic rings. The molecule has 9 N–H and O–H groups in total. The van der Waals surface area contributed by atoms with Crippen molar-refractivity contribution >= 4 is 29.7 Å².